The standard InChI is InChI=1S/C17H25NO3/c1-16(2,3)21-14-9-5-4-8-13(14)18-15(19)12-17(20)10-6-7-11-17/h4-5,8-9,20H,6-7,10-12H2,1-3H3,(H,18,19). The van der Waals surface area contributed by atoms with E-state index in [4.69, 9.17) is 4.74 Å². The number of carbonyl (C=O) groups excluding carboxylic acids is 1. The van der Waals surface area contributed by atoms with E-state index in [1.54, 1.807) is 0 Å². The number of anilines is 1. The van der Waals surface area contributed by atoms with Crippen LogP contribution in [-0.2, 0) is 4.79 Å². The molecular formula is C17H25NO3. The minimum Gasteiger partial charge on any atom is -0.486 e. The van der Waals surface area contributed by atoms with Crippen LogP contribution in [-0.4, -0.2) is 22.2 Å². The summed E-state index contributed by atoms with van der Waals surface area (Å²) in [6.07, 6.45) is 3.55. The van der Waals surface area contributed by atoms with Crippen molar-refractivity contribution in [2.75, 3.05) is 5.32 Å². The number of aliphatic hydroxyl groups is 1. The molecule has 0 atom stereocenters. The molecular weight excluding hydrogens is 266 g/mol. The van der Waals surface area contributed by atoms with Gasteiger partial charge in [-0.2, -0.15) is 0 Å². The van der Waals surface area contributed by atoms with Gasteiger partial charge in [-0.15, -0.1) is 0 Å². The molecule has 21 heavy (non-hydrogen) atoms. The van der Waals surface area contributed by atoms with Gasteiger partial charge < -0.3 is 15.2 Å². The zero-order valence-electron chi connectivity index (χ0n) is 13.1. The van der Waals surface area contributed by atoms with E-state index in [9.17, 15) is 9.90 Å². The number of carbonyl (C=O) groups is 1. The number of hydrogen-bond acceptors (Lipinski definition) is 3. The number of ether oxygens (including phenoxy) is 1. The van der Waals surface area contributed by atoms with Gasteiger partial charge in [-0.1, -0.05) is 25.0 Å². The summed E-state index contributed by atoms with van der Waals surface area (Å²) in [4.78, 5) is 12.2. The van der Waals surface area contributed by atoms with Gasteiger partial charge in [-0.3, -0.25) is 4.79 Å². The first-order valence-corrected chi connectivity index (χ1v) is 7.58. The Morgan fingerprint density at radius 2 is 1.90 bits per heavy atom. The van der Waals surface area contributed by atoms with E-state index in [-0.39, 0.29) is 17.9 Å². The number of nitrogens with one attached hydrogen (secondary N) is 1. The van der Waals surface area contributed by atoms with Crippen molar-refractivity contribution in [3.8, 4) is 5.75 Å². The second kappa shape index (κ2) is 6.06. The van der Waals surface area contributed by atoms with Gasteiger partial charge in [0.2, 0.25) is 5.91 Å². The number of benzene rings is 1. The molecule has 1 amide bonds. The van der Waals surface area contributed by atoms with Crippen molar-refractivity contribution in [3.63, 3.8) is 0 Å². The molecule has 0 bridgehead atoms. The maximum atomic E-state index is 12.2. The Balaban J connectivity index is 2.03. The molecule has 0 spiro atoms. The van der Waals surface area contributed by atoms with Crippen LogP contribution < -0.4 is 10.1 Å². The minimum absolute atomic E-state index is 0.150. The molecule has 1 aliphatic rings. The average molecular weight is 291 g/mol. The summed E-state index contributed by atoms with van der Waals surface area (Å²) in [6.45, 7) is 5.90. The molecule has 1 saturated carbocycles. The van der Waals surface area contributed by atoms with Crippen LogP contribution in [0.25, 0.3) is 0 Å². The average Bonchev–Trinajstić information content (AvgIpc) is 2.76. The molecule has 4 heteroatoms. The van der Waals surface area contributed by atoms with Crippen LogP contribution in [0.1, 0.15) is 52.9 Å². The Kier molecular flexibility index (Phi) is 4.57. The van der Waals surface area contributed by atoms with Crippen molar-refractivity contribution in [1.82, 2.24) is 0 Å². The molecule has 1 aromatic carbocycles. The van der Waals surface area contributed by atoms with Crippen LogP contribution in [0.5, 0.6) is 5.75 Å². The lowest BCUT2D eigenvalue weighted by atomic mass is 9.97. The largest absolute Gasteiger partial charge is 0.486 e. The molecule has 1 aromatic rings. The quantitative estimate of drug-likeness (QED) is 0.892. The predicted octanol–water partition coefficient (Wildman–Crippen LogP) is 3.50. The molecule has 0 heterocycles. The molecule has 2 N–H and O–H groups in total. The predicted molar refractivity (Wildman–Crippen MR) is 83.5 cm³/mol. The summed E-state index contributed by atoms with van der Waals surface area (Å²) in [6, 6.07) is 7.39. The second-order valence-electron chi connectivity index (χ2n) is 6.87. The molecule has 1 aliphatic carbocycles. The van der Waals surface area contributed by atoms with Gasteiger partial charge in [-0.05, 0) is 45.7 Å². The fraction of sp³-hybridized carbons (Fsp3) is 0.588. The monoisotopic (exact) mass is 291 g/mol. The van der Waals surface area contributed by atoms with Crippen molar-refractivity contribution < 1.29 is 14.6 Å². The Labute approximate surface area is 126 Å². The minimum atomic E-state index is -0.829. The maximum absolute atomic E-state index is 12.2. The van der Waals surface area contributed by atoms with Gasteiger partial charge in [0.05, 0.1) is 17.7 Å². The molecule has 0 saturated heterocycles. The number of hydrogen-bond donors (Lipinski definition) is 2. The molecule has 0 aromatic heterocycles. The van der Waals surface area contributed by atoms with Crippen LogP contribution >= 0.6 is 0 Å². The summed E-state index contributed by atoms with van der Waals surface area (Å²) in [5, 5.41) is 13.2. The van der Waals surface area contributed by atoms with Gasteiger partial charge in [0.1, 0.15) is 11.4 Å². The molecule has 1 fully saturated rings. The smallest absolute Gasteiger partial charge is 0.227 e. The second-order valence-corrected chi connectivity index (χ2v) is 6.87. The molecule has 0 unspecified atom stereocenters. The van der Waals surface area contributed by atoms with Crippen LogP contribution in [0.2, 0.25) is 0 Å². The fourth-order valence-electron chi connectivity index (χ4n) is 2.69. The van der Waals surface area contributed by atoms with Crippen LogP contribution in [0, 0.1) is 0 Å². The fourth-order valence-corrected chi connectivity index (χ4v) is 2.69. The van der Waals surface area contributed by atoms with E-state index in [0.717, 1.165) is 12.8 Å². The van der Waals surface area contributed by atoms with E-state index in [1.165, 1.54) is 0 Å². The van der Waals surface area contributed by atoms with Crippen LogP contribution in [0.4, 0.5) is 5.69 Å². The van der Waals surface area contributed by atoms with Crippen LogP contribution in [0.3, 0.4) is 0 Å². The van der Waals surface area contributed by atoms with Gasteiger partial charge in [0.15, 0.2) is 0 Å². The summed E-state index contributed by atoms with van der Waals surface area (Å²) in [5.41, 5.74) is -0.506. The van der Waals surface area contributed by atoms with Crippen molar-refractivity contribution in [2.24, 2.45) is 0 Å². The zero-order valence-corrected chi connectivity index (χ0v) is 13.1. The first-order valence-electron chi connectivity index (χ1n) is 7.58. The highest BCUT2D eigenvalue weighted by Gasteiger charge is 2.33. The molecule has 116 valence electrons. The summed E-state index contributed by atoms with van der Waals surface area (Å²) in [7, 11) is 0. The van der Waals surface area contributed by atoms with Gasteiger partial charge >= 0.3 is 0 Å². The van der Waals surface area contributed by atoms with Crippen molar-refractivity contribution in [2.45, 2.75) is 64.1 Å². The zero-order chi connectivity index (χ0) is 15.5. The first-order chi connectivity index (χ1) is 9.77. The van der Waals surface area contributed by atoms with Crippen molar-refractivity contribution in [1.29, 1.82) is 0 Å². The highest BCUT2D eigenvalue weighted by Crippen LogP contribution is 2.33. The molecule has 0 aliphatic heterocycles. The Bertz CT molecular complexity index is 499. The van der Waals surface area contributed by atoms with E-state index in [0.29, 0.717) is 24.3 Å². The van der Waals surface area contributed by atoms with E-state index in [1.807, 2.05) is 45.0 Å². The highest BCUT2D eigenvalue weighted by atomic mass is 16.5. The van der Waals surface area contributed by atoms with Gasteiger partial charge in [0, 0.05) is 0 Å². The normalized spacial score (nSPS) is 17.5. The Morgan fingerprint density at radius 1 is 1.29 bits per heavy atom. The van der Waals surface area contributed by atoms with Crippen molar-refractivity contribution >= 4 is 11.6 Å². The van der Waals surface area contributed by atoms with E-state index >= 15 is 0 Å². The number of rotatable bonds is 4. The first kappa shape index (κ1) is 15.8. The third kappa shape index (κ3) is 4.74. The Hall–Kier alpha value is -1.55. The summed E-state index contributed by atoms with van der Waals surface area (Å²) >= 11 is 0. The third-order valence-corrected chi connectivity index (χ3v) is 3.60. The summed E-state index contributed by atoms with van der Waals surface area (Å²) < 4.78 is 5.85. The summed E-state index contributed by atoms with van der Waals surface area (Å²) in [5.74, 6) is 0.487. The highest BCUT2D eigenvalue weighted by molar-refractivity contribution is 5.92. The number of amides is 1. The van der Waals surface area contributed by atoms with Gasteiger partial charge in [-0.25, -0.2) is 0 Å². The number of para-hydroxylation sites is 2. The molecule has 2 rings (SSSR count). The lowest BCUT2D eigenvalue weighted by Crippen LogP contribution is -2.31. The molecule has 4 nitrogen and oxygen atoms in total. The van der Waals surface area contributed by atoms with E-state index in [2.05, 4.69) is 5.32 Å². The SMILES string of the molecule is CC(C)(C)Oc1ccccc1NC(=O)CC1(O)CCCC1. The molecule has 0 radical (unpaired) electrons. The lowest BCUT2D eigenvalue weighted by Gasteiger charge is -2.24. The third-order valence-electron chi connectivity index (χ3n) is 3.60. The lowest BCUT2D eigenvalue weighted by molar-refractivity contribution is -0.120. The van der Waals surface area contributed by atoms with Crippen molar-refractivity contribution in [3.05, 3.63) is 24.3 Å². The van der Waals surface area contributed by atoms with E-state index < -0.39 is 5.60 Å². The Morgan fingerprint density at radius 3 is 2.52 bits per heavy atom. The topological polar surface area (TPSA) is 58.6 Å². The van der Waals surface area contributed by atoms with Gasteiger partial charge in [0.25, 0.3) is 0 Å². The maximum Gasteiger partial charge on any atom is 0.227 e. The van der Waals surface area contributed by atoms with Crippen LogP contribution in [0.15, 0.2) is 24.3 Å².